The summed E-state index contributed by atoms with van der Waals surface area (Å²) in [7, 11) is 0. The minimum atomic E-state index is -1.12. The third-order valence-electron chi connectivity index (χ3n) is 13.7. The Morgan fingerprint density at radius 2 is 1.56 bits per heavy atom. The lowest BCUT2D eigenvalue weighted by Crippen LogP contribution is -2.68. The van der Waals surface area contributed by atoms with Crippen LogP contribution in [0.15, 0.2) is 12.2 Å². The van der Waals surface area contributed by atoms with Crippen molar-refractivity contribution in [1.29, 1.82) is 0 Å². The van der Waals surface area contributed by atoms with E-state index in [0.717, 1.165) is 56.9 Å². The highest BCUT2D eigenvalue weighted by Gasteiger charge is 2.72. The number of hydrogen-bond acceptors (Lipinski definition) is 4. The zero-order chi connectivity index (χ0) is 26.6. The van der Waals surface area contributed by atoms with Gasteiger partial charge in [-0.15, -0.1) is 0 Å². The van der Waals surface area contributed by atoms with Crippen LogP contribution in [0.1, 0.15) is 99.3 Å². The molecule has 5 unspecified atom stereocenters. The van der Waals surface area contributed by atoms with Crippen LogP contribution < -0.4 is 5.11 Å². The van der Waals surface area contributed by atoms with E-state index in [-0.39, 0.29) is 34.0 Å². The van der Waals surface area contributed by atoms with Gasteiger partial charge in [0.2, 0.25) is 0 Å². The van der Waals surface area contributed by atoms with Crippen LogP contribution in [-0.4, -0.2) is 28.3 Å². The summed E-state index contributed by atoms with van der Waals surface area (Å²) in [6.07, 6.45) is 7.03. The molecular formula is C31H47O5-. The van der Waals surface area contributed by atoms with Gasteiger partial charge in [-0.25, -0.2) is 0 Å². The summed E-state index contributed by atoms with van der Waals surface area (Å²) >= 11 is 0. The average Bonchev–Trinajstić information content (AvgIpc) is 3.14. The number of rotatable bonds is 3. The van der Waals surface area contributed by atoms with Gasteiger partial charge in [-0.05, 0) is 116 Å². The van der Waals surface area contributed by atoms with Crippen molar-refractivity contribution in [2.24, 2.45) is 62.6 Å². The fraction of sp³-hybridized carbons (Fsp3) is 0.871. The number of aliphatic carboxylic acids is 2. The van der Waals surface area contributed by atoms with Gasteiger partial charge in [-0.1, -0.05) is 46.8 Å². The van der Waals surface area contributed by atoms with E-state index < -0.39 is 34.8 Å². The van der Waals surface area contributed by atoms with Gasteiger partial charge in [-0.2, -0.15) is 0 Å². The van der Waals surface area contributed by atoms with E-state index in [4.69, 9.17) is 0 Å². The Labute approximate surface area is 217 Å². The number of aliphatic hydroxyl groups excluding tert-OH is 1. The molecule has 0 saturated heterocycles. The van der Waals surface area contributed by atoms with Crippen molar-refractivity contribution < 1.29 is 24.9 Å². The molecule has 0 amide bonds. The van der Waals surface area contributed by atoms with E-state index >= 15 is 0 Å². The quantitative estimate of drug-likeness (QED) is 0.529. The summed E-state index contributed by atoms with van der Waals surface area (Å²) in [4.78, 5) is 24.9. The molecule has 0 aromatic heterocycles. The van der Waals surface area contributed by atoms with Crippen LogP contribution in [0.2, 0.25) is 0 Å². The second kappa shape index (κ2) is 7.83. The van der Waals surface area contributed by atoms with Crippen LogP contribution in [0.3, 0.4) is 0 Å². The predicted octanol–water partition coefficient (Wildman–Crippen LogP) is 5.07. The zero-order valence-electron chi connectivity index (χ0n) is 23.2. The Kier molecular flexibility index (Phi) is 5.71. The standard InChI is InChI=1S/C31H48O5/c1-17(2)18-10-13-31(26(35)36)15-14-29(6)19(23(18)31)8-9-22-28(5)16-20(32)24(25(33)34)27(3,4)21(28)11-12-30(22,29)7/h18-24,32H,1,8-16H2,2-7H3,(H,33,34)(H,35,36)/p-1/t18?,19?,20-,21?,22?,23?,24-,28+,29-,30-,31+/m1/s1. The van der Waals surface area contributed by atoms with Crippen LogP contribution in [0.25, 0.3) is 0 Å². The highest BCUT2D eigenvalue weighted by molar-refractivity contribution is 5.76. The average molecular weight is 500 g/mol. The van der Waals surface area contributed by atoms with Gasteiger partial charge in [0.05, 0.1) is 11.5 Å². The highest BCUT2D eigenvalue weighted by Crippen LogP contribution is 2.77. The predicted molar refractivity (Wildman–Crippen MR) is 136 cm³/mol. The Morgan fingerprint density at radius 1 is 0.889 bits per heavy atom. The Morgan fingerprint density at radius 3 is 2.14 bits per heavy atom. The van der Waals surface area contributed by atoms with Crippen LogP contribution in [0, 0.1) is 62.6 Å². The lowest BCUT2D eigenvalue weighted by atomic mass is 9.31. The van der Waals surface area contributed by atoms with Crippen molar-refractivity contribution in [3.05, 3.63) is 12.2 Å². The molecule has 0 bridgehead atoms. The molecule has 5 aliphatic carbocycles. The molecule has 5 fully saturated rings. The fourth-order valence-electron chi connectivity index (χ4n) is 12.1. The van der Waals surface area contributed by atoms with E-state index in [1.165, 1.54) is 0 Å². The Hall–Kier alpha value is -1.36. The number of aliphatic hydroxyl groups is 1. The lowest BCUT2D eigenvalue weighted by molar-refractivity contribution is -0.328. The molecule has 5 heteroatoms. The Bertz CT molecular complexity index is 985. The molecule has 0 radical (unpaired) electrons. The number of fused-ring (bicyclic) bond motifs is 7. The second-order valence-corrected chi connectivity index (χ2v) is 15.0. The molecule has 0 heterocycles. The molecule has 5 saturated carbocycles. The van der Waals surface area contributed by atoms with Crippen molar-refractivity contribution in [3.63, 3.8) is 0 Å². The molecule has 5 rings (SSSR count). The second-order valence-electron chi connectivity index (χ2n) is 15.0. The number of carbonyl (C=O) groups is 2. The maximum absolute atomic E-state index is 12.8. The Balaban J connectivity index is 1.57. The van der Waals surface area contributed by atoms with Crippen molar-refractivity contribution >= 4 is 11.9 Å². The van der Waals surface area contributed by atoms with E-state index in [1.807, 2.05) is 13.8 Å². The third kappa shape index (κ3) is 2.98. The van der Waals surface area contributed by atoms with E-state index in [2.05, 4.69) is 34.3 Å². The van der Waals surface area contributed by atoms with Gasteiger partial charge in [0.25, 0.3) is 0 Å². The van der Waals surface area contributed by atoms with Crippen LogP contribution in [0.4, 0.5) is 0 Å². The van der Waals surface area contributed by atoms with Gasteiger partial charge in [0.15, 0.2) is 0 Å². The van der Waals surface area contributed by atoms with Gasteiger partial charge >= 0.3 is 5.97 Å². The van der Waals surface area contributed by atoms with Crippen LogP contribution in [-0.2, 0) is 9.59 Å². The van der Waals surface area contributed by atoms with Gasteiger partial charge in [-0.3, -0.25) is 4.79 Å². The number of carboxylic acid groups (broad SMARTS) is 2. The number of carboxylic acids is 2. The molecule has 11 atom stereocenters. The summed E-state index contributed by atoms with van der Waals surface area (Å²) in [5.41, 5.74) is -0.125. The van der Waals surface area contributed by atoms with Crippen molar-refractivity contribution in [1.82, 2.24) is 0 Å². The van der Waals surface area contributed by atoms with Gasteiger partial charge < -0.3 is 20.1 Å². The first-order valence-corrected chi connectivity index (χ1v) is 14.4. The fourth-order valence-corrected chi connectivity index (χ4v) is 12.1. The molecule has 36 heavy (non-hydrogen) atoms. The molecule has 5 aliphatic rings. The summed E-state index contributed by atoms with van der Waals surface area (Å²) in [6.45, 7) is 17.7. The summed E-state index contributed by atoms with van der Waals surface area (Å²) in [5.74, 6) is -1.20. The van der Waals surface area contributed by atoms with Crippen LogP contribution in [0.5, 0.6) is 0 Å². The van der Waals surface area contributed by atoms with Crippen molar-refractivity contribution in [2.75, 3.05) is 0 Å². The monoisotopic (exact) mass is 499 g/mol. The van der Waals surface area contributed by atoms with E-state index in [1.54, 1.807) is 0 Å². The first-order chi connectivity index (χ1) is 16.6. The third-order valence-corrected chi connectivity index (χ3v) is 13.7. The first-order valence-electron chi connectivity index (χ1n) is 14.4. The van der Waals surface area contributed by atoms with Crippen molar-refractivity contribution in [2.45, 2.75) is 105 Å². The molecule has 0 aromatic rings. The molecule has 0 aromatic carbocycles. The van der Waals surface area contributed by atoms with E-state index in [9.17, 15) is 24.9 Å². The molecule has 5 nitrogen and oxygen atoms in total. The largest absolute Gasteiger partial charge is 0.550 e. The molecule has 0 aliphatic heterocycles. The molecular weight excluding hydrogens is 452 g/mol. The highest BCUT2D eigenvalue weighted by atomic mass is 16.4. The molecule has 202 valence electrons. The summed E-state index contributed by atoms with van der Waals surface area (Å²) in [5, 5.41) is 33.8. The number of carbonyl (C=O) groups excluding carboxylic acids is 1. The van der Waals surface area contributed by atoms with Gasteiger partial charge in [0.1, 0.15) is 0 Å². The number of allylic oxidation sites excluding steroid dienone is 1. The SMILES string of the molecule is C=C(C)C1CC[C@]2(C(=O)O)CC[C@]3(C)C(CCC4[C@@]5(C)C[C@@H](O)[C@H](C(=O)[O-])C(C)(C)C5CC[C@]43C)C12. The van der Waals surface area contributed by atoms with Crippen LogP contribution >= 0.6 is 0 Å². The lowest BCUT2D eigenvalue weighted by Gasteiger charge is -2.73. The minimum absolute atomic E-state index is 0.0197. The van der Waals surface area contributed by atoms with E-state index in [0.29, 0.717) is 18.3 Å². The summed E-state index contributed by atoms with van der Waals surface area (Å²) < 4.78 is 0. The minimum Gasteiger partial charge on any atom is -0.550 e. The maximum atomic E-state index is 12.8. The first kappa shape index (κ1) is 26.3. The van der Waals surface area contributed by atoms with Crippen molar-refractivity contribution in [3.8, 4) is 0 Å². The normalized spacial score (nSPS) is 53.4. The maximum Gasteiger partial charge on any atom is 0.309 e. The topological polar surface area (TPSA) is 97.7 Å². The van der Waals surface area contributed by atoms with Gasteiger partial charge in [0, 0.05) is 11.9 Å². The molecule has 2 N–H and O–H groups in total. The molecule has 0 spiro atoms. The number of hydrogen-bond donors (Lipinski definition) is 2. The smallest absolute Gasteiger partial charge is 0.309 e. The zero-order valence-corrected chi connectivity index (χ0v) is 23.2. The summed E-state index contributed by atoms with van der Waals surface area (Å²) in [6, 6.07) is 0.